The van der Waals surface area contributed by atoms with Gasteiger partial charge in [0.15, 0.2) is 0 Å². The second-order valence-corrected chi connectivity index (χ2v) is 4.32. The topological polar surface area (TPSA) is 47.3 Å². The van der Waals surface area contributed by atoms with Crippen LogP contribution in [-0.4, -0.2) is 24.4 Å². The number of aromatic nitrogens is 1. The Morgan fingerprint density at radius 2 is 2.47 bits per heavy atom. The van der Waals surface area contributed by atoms with E-state index in [1.165, 1.54) is 0 Å². The fourth-order valence-electron chi connectivity index (χ4n) is 1.67. The van der Waals surface area contributed by atoms with Crippen molar-refractivity contribution in [2.75, 3.05) is 13.2 Å². The van der Waals surface area contributed by atoms with Gasteiger partial charge in [0, 0.05) is 31.2 Å². The first-order valence-electron chi connectivity index (χ1n) is 5.52. The quantitative estimate of drug-likeness (QED) is 0.821. The molecule has 1 aliphatic rings. The number of hydrogen-bond donors (Lipinski definition) is 1. The third-order valence-corrected chi connectivity index (χ3v) is 2.60. The Labute approximate surface area is 90.0 Å². The molecule has 1 aromatic heterocycles. The van der Waals surface area contributed by atoms with Crippen molar-refractivity contribution < 1.29 is 9.26 Å². The van der Waals surface area contributed by atoms with E-state index in [1.54, 1.807) is 0 Å². The Bertz CT molecular complexity index is 303. The van der Waals surface area contributed by atoms with E-state index in [0.29, 0.717) is 12.0 Å². The third-order valence-electron chi connectivity index (χ3n) is 2.60. The van der Waals surface area contributed by atoms with Crippen LogP contribution in [0.15, 0.2) is 10.6 Å². The largest absolute Gasteiger partial charge is 0.381 e. The summed E-state index contributed by atoms with van der Waals surface area (Å²) in [6.45, 7) is 6.61. The van der Waals surface area contributed by atoms with Crippen LogP contribution in [-0.2, 0) is 11.3 Å². The highest BCUT2D eigenvalue weighted by Gasteiger charge is 2.21. The summed E-state index contributed by atoms with van der Waals surface area (Å²) in [7, 11) is 0. The molecule has 15 heavy (non-hydrogen) atoms. The maximum absolute atomic E-state index is 5.32. The lowest BCUT2D eigenvalue weighted by molar-refractivity contribution is 0.190. The molecule has 0 radical (unpaired) electrons. The van der Waals surface area contributed by atoms with Gasteiger partial charge in [-0.15, -0.1) is 0 Å². The van der Waals surface area contributed by atoms with Crippen LogP contribution in [0, 0.1) is 0 Å². The van der Waals surface area contributed by atoms with E-state index in [9.17, 15) is 0 Å². The molecule has 2 rings (SSSR count). The molecule has 0 aromatic carbocycles. The Hall–Kier alpha value is -0.870. The zero-order valence-corrected chi connectivity index (χ0v) is 9.32. The van der Waals surface area contributed by atoms with Crippen LogP contribution in [0.1, 0.15) is 37.6 Å². The highest BCUT2D eigenvalue weighted by molar-refractivity contribution is 5.10. The highest BCUT2D eigenvalue weighted by atomic mass is 16.5. The van der Waals surface area contributed by atoms with Gasteiger partial charge in [0.25, 0.3) is 0 Å². The molecule has 1 saturated heterocycles. The minimum Gasteiger partial charge on any atom is -0.381 e. The van der Waals surface area contributed by atoms with Crippen molar-refractivity contribution in [3.8, 4) is 0 Å². The van der Waals surface area contributed by atoms with E-state index in [-0.39, 0.29) is 0 Å². The fourth-order valence-corrected chi connectivity index (χ4v) is 1.67. The first kappa shape index (κ1) is 10.6. The van der Waals surface area contributed by atoms with Gasteiger partial charge in [-0.2, -0.15) is 0 Å². The summed E-state index contributed by atoms with van der Waals surface area (Å²) in [5, 5.41) is 7.35. The van der Waals surface area contributed by atoms with Crippen LogP contribution >= 0.6 is 0 Å². The van der Waals surface area contributed by atoms with Crippen molar-refractivity contribution in [2.45, 2.75) is 38.8 Å². The average molecular weight is 210 g/mol. The Morgan fingerprint density at radius 1 is 1.60 bits per heavy atom. The van der Waals surface area contributed by atoms with Crippen LogP contribution in [0.4, 0.5) is 0 Å². The summed E-state index contributed by atoms with van der Waals surface area (Å²) < 4.78 is 10.6. The molecule has 0 amide bonds. The van der Waals surface area contributed by atoms with E-state index < -0.39 is 0 Å². The smallest absolute Gasteiger partial charge is 0.142 e. The Balaban J connectivity index is 1.91. The zero-order valence-electron chi connectivity index (χ0n) is 9.32. The number of nitrogens with zero attached hydrogens (tertiary/aromatic N) is 1. The van der Waals surface area contributed by atoms with Gasteiger partial charge in [0.05, 0.1) is 12.3 Å². The van der Waals surface area contributed by atoms with E-state index in [4.69, 9.17) is 9.26 Å². The van der Waals surface area contributed by atoms with Crippen LogP contribution < -0.4 is 5.32 Å². The summed E-state index contributed by atoms with van der Waals surface area (Å²) in [5.74, 6) is 1.37. The van der Waals surface area contributed by atoms with Crippen molar-refractivity contribution in [1.29, 1.82) is 0 Å². The van der Waals surface area contributed by atoms with Crippen molar-refractivity contribution in [2.24, 2.45) is 0 Å². The van der Waals surface area contributed by atoms with Gasteiger partial charge in [0.2, 0.25) is 0 Å². The Kier molecular flexibility index (Phi) is 3.38. The van der Waals surface area contributed by atoms with Crippen molar-refractivity contribution in [3.63, 3.8) is 0 Å². The first-order chi connectivity index (χ1) is 7.25. The molecule has 4 nitrogen and oxygen atoms in total. The van der Waals surface area contributed by atoms with Gasteiger partial charge >= 0.3 is 0 Å². The maximum Gasteiger partial charge on any atom is 0.142 e. The van der Waals surface area contributed by atoms with Gasteiger partial charge in [-0.3, -0.25) is 0 Å². The summed E-state index contributed by atoms with van der Waals surface area (Å²) in [5.41, 5.74) is 0.977. The van der Waals surface area contributed by atoms with E-state index in [1.807, 2.05) is 6.07 Å². The van der Waals surface area contributed by atoms with Gasteiger partial charge in [-0.1, -0.05) is 19.0 Å². The fraction of sp³-hybridized carbons (Fsp3) is 0.727. The van der Waals surface area contributed by atoms with Crippen molar-refractivity contribution >= 4 is 0 Å². The molecule has 1 N–H and O–H groups in total. The van der Waals surface area contributed by atoms with Crippen molar-refractivity contribution in [3.05, 3.63) is 17.5 Å². The minimum atomic E-state index is 0.408. The second-order valence-electron chi connectivity index (χ2n) is 4.32. The van der Waals surface area contributed by atoms with E-state index in [0.717, 1.165) is 37.6 Å². The summed E-state index contributed by atoms with van der Waals surface area (Å²) in [6.07, 6.45) is 1.05. The van der Waals surface area contributed by atoms with Crippen LogP contribution in [0.3, 0.4) is 0 Å². The maximum atomic E-state index is 5.32. The second kappa shape index (κ2) is 4.77. The zero-order chi connectivity index (χ0) is 10.7. The van der Waals surface area contributed by atoms with Gasteiger partial charge in [0.1, 0.15) is 5.76 Å². The number of rotatable bonds is 4. The van der Waals surface area contributed by atoms with Crippen molar-refractivity contribution in [1.82, 2.24) is 10.5 Å². The monoisotopic (exact) mass is 210 g/mol. The predicted octanol–water partition coefficient (Wildman–Crippen LogP) is 1.68. The lowest BCUT2D eigenvalue weighted by atomic mass is 10.1. The number of ether oxygens (including phenoxy) is 1. The summed E-state index contributed by atoms with van der Waals surface area (Å²) in [6, 6.07) is 2.51. The molecule has 0 bridgehead atoms. The average Bonchev–Trinajstić information content (AvgIpc) is 2.85. The van der Waals surface area contributed by atoms with Crippen LogP contribution in [0.25, 0.3) is 0 Å². The number of hydrogen-bond acceptors (Lipinski definition) is 4. The molecule has 0 aliphatic carbocycles. The van der Waals surface area contributed by atoms with E-state index in [2.05, 4.69) is 24.3 Å². The minimum absolute atomic E-state index is 0.408. The summed E-state index contributed by atoms with van der Waals surface area (Å²) >= 11 is 0. The normalized spacial score (nSPS) is 21.4. The van der Waals surface area contributed by atoms with Gasteiger partial charge < -0.3 is 14.6 Å². The SMILES string of the molecule is CC(C)NCc1cc(C2CCOC2)on1. The molecule has 0 saturated carbocycles. The molecule has 2 heterocycles. The number of nitrogens with one attached hydrogen (secondary N) is 1. The molecule has 1 fully saturated rings. The standard InChI is InChI=1S/C11H18N2O2/c1-8(2)12-6-10-5-11(15-13-10)9-3-4-14-7-9/h5,8-9,12H,3-4,6-7H2,1-2H3. The molecule has 1 aromatic rings. The molecule has 1 atom stereocenters. The van der Waals surface area contributed by atoms with Gasteiger partial charge in [-0.05, 0) is 6.42 Å². The predicted molar refractivity (Wildman–Crippen MR) is 56.7 cm³/mol. The van der Waals surface area contributed by atoms with Crippen LogP contribution in [0.2, 0.25) is 0 Å². The Morgan fingerprint density at radius 3 is 3.13 bits per heavy atom. The van der Waals surface area contributed by atoms with Gasteiger partial charge in [-0.25, -0.2) is 0 Å². The lowest BCUT2D eigenvalue weighted by Gasteiger charge is -2.04. The molecule has 0 spiro atoms. The first-order valence-corrected chi connectivity index (χ1v) is 5.52. The third kappa shape index (κ3) is 2.79. The molecular weight excluding hydrogens is 192 g/mol. The summed E-state index contributed by atoms with van der Waals surface area (Å²) in [4.78, 5) is 0. The molecule has 84 valence electrons. The van der Waals surface area contributed by atoms with E-state index >= 15 is 0 Å². The molecule has 1 unspecified atom stereocenters. The molecular formula is C11H18N2O2. The molecule has 1 aliphatic heterocycles. The van der Waals surface area contributed by atoms with Crippen LogP contribution in [0.5, 0.6) is 0 Å². The lowest BCUT2D eigenvalue weighted by Crippen LogP contribution is -2.21. The highest BCUT2D eigenvalue weighted by Crippen LogP contribution is 2.25. The molecule has 4 heteroatoms.